The van der Waals surface area contributed by atoms with E-state index in [-0.39, 0.29) is 11.3 Å². The van der Waals surface area contributed by atoms with Crippen molar-refractivity contribution >= 4 is 46.5 Å². The summed E-state index contributed by atoms with van der Waals surface area (Å²) in [4.78, 5) is 41.2. The molecule has 4 rings (SSSR count). The minimum absolute atomic E-state index is 0.0431. The Bertz CT molecular complexity index is 1320. The van der Waals surface area contributed by atoms with Crippen molar-refractivity contribution in [1.82, 2.24) is 15.2 Å². The van der Waals surface area contributed by atoms with E-state index < -0.39 is 23.9 Å². The van der Waals surface area contributed by atoms with E-state index in [4.69, 9.17) is 16.9 Å². The third-order valence-electron chi connectivity index (χ3n) is 5.14. The third-order valence-corrected chi connectivity index (χ3v) is 5.55. The first-order chi connectivity index (χ1) is 14.8. The molecule has 1 aromatic heterocycles. The van der Waals surface area contributed by atoms with Crippen LogP contribution >= 0.6 is 11.6 Å². The van der Waals surface area contributed by atoms with Crippen molar-refractivity contribution < 1.29 is 19.5 Å². The fourth-order valence-electron chi connectivity index (χ4n) is 3.54. The molecule has 3 aromatic rings. The van der Waals surface area contributed by atoms with Crippen LogP contribution in [0.25, 0.3) is 17.0 Å². The lowest BCUT2D eigenvalue weighted by Crippen LogP contribution is -2.39. The summed E-state index contributed by atoms with van der Waals surface area (Å²) in [5.41, 5.74) is 2.78. The standard InChI is InChI=1S/C22H15ClN4O4/c1-11-16(23)7-6-15-14(10-25-18(11)15)8-17-20(28)27(22(31)26-17)19(21(29)30)13-4-2-12(9-24)3-5-13/h2-8,10,19,25H,1H3,(H,26,31)(H,29,30)/b17-8-. The molecule has 2 heterocycles. The summed E-state index contributed by atoms with van der Waals surface area (Å²) in [6, 6.07) is 8.77. The molecule has 3 amide bonds. The number of benzene rings is 2. The third kappa shape index (κ3) is 3.41. The second-order valence-electron chi connectivity index (χ2n) is 6.98. The first-order valence-corrected chi connectivity index (χ1v) is 9.55. The second-order valence-corrected chi connectivity index (χ2v) is 7.38. The second kappa shape index (κ2) is 7.63. The van der Waals surface area contributed by atoms with E-state index in [9.17, 15) is 19.5 Å². The lowest BCUT2D eigenvalue weighted by molar-refractivity contribution is -0.146. The molecule has 0 saturated carbocycles. The molecule has 0 bridgehead atoms. The molecule has 1 unspecified atom stereocenters. The van der Waals surface area contributed by atoms with Crippen molar-refractivity contribution in [3.05, 3.63) is 75.6 Å². The molecule has 1 fully saturated rings. The van der Waals surface area contributed by atoms with E-state index in [1.54, 1.807) is 18.3 Å². The lowest BCUT2D eigenvalue weighted by atomic mass is 10.0. The van der Waals surface area contributed by atoms with Crippen LogP contribution in [0.15, 0.2) is 48.3 Å². The minimum Gasteiger partial charge on any atom is -0.479 e. The van der Waals surface area contributed by atoms with Gasteiger partial charge in [-0.2, -0.15) is 5.26 Å². The van der Waals surface area contributed by atoms with Gasteiger partial charge in [-0.3, -0.25) is 4.79 Å². The number of rotatable bonds is 4. The number of H-pyrrole nitrogens is 1. The number of nitrogens with zero attached hydrogens (tertiary/aromatic N) is 2. The van der Waals surface area contributed by atoms with Gasteiger partial charge in [-0.1, -0.05) is 29.8 Å². The van der Waals surface area contributed by atoms with E-state index in [2.05, 4.69) is 10.3 Å². The molecule has 31 heavy (non-hydrogen) atoms. The maximum absolute atomic E-state index is 13.0. The highest BCUT2D eigenvalue weighted by Crippen LogP contribution is 2.30. The number of amides is 3. The molecule has 2 aromatic carbocycles. The van der Waals surface area contributed by atoms with Crippen LogP contribution in [0, 0.1) is 18.3 Å². The van der Waals surface area contributed by atoms with Crippen LogP contribution in [0.3, 0.4) is 0 Å². The maximum atomic E-state index is 13.0. The highest BCUT2D eigenvalue weighted by atomic mass is 35.5. The van der Waals surface area contributed by atoms with E-state index in [0.29, 0.717) is 21.0 Å². The average Bonchev–Trinajstić information content (AvgIpc) is 3.28. The number of hydrogen-bond acceptors (Lipinski definition) is 4. The SMILES string of the molecule is Cc1c(Cl)ccc2c(/C=C3\NC(=O)N(C(C(=O)O)c4ccc(C#N)cc4)C3=O)c[nH]c12. The summed E-state index contributed by atoms with van der Waals surface area (Å²) in [6.45, 7) is 1.86. The number of aromatic nitrogens is 1. The maximum Gasteiger partial charge on any atom is 0.331 e. The first kappa shape index (κ1) is 20.2. The minimum atomic E-state index is -1.53. The van der Waals surface area contributed by atoms with Gasteiger partial charge in [0.15, 0.2) is 6.04 Å². The number of carbonyl (C=O) groups excluding carboxylic acids is 2. The first-order valence-electron chi connectivity index (χ1n) is 9.17. The Balaban J connectivity index is 1.72. The Labute approximate surface area is 181 Å². The van der Waals surface area contributed by atoms with Gasteiger partial charge in [0, 0.05) is 22.2 Å². The predicted octanol–water partition coefficient (Wildman–Crippen LogP) is 3.72. The number of nitriles is 1. The molecule has 1 aliphatic heterocycles. The zero-order valence-corrected chi connectivity index (χ0v) is 16.9. The van der Waals surface area contributed by atoms with E-state index in [1.165, 1.54) is 30.3 Å². The van der Waals surface area contributed by atoms with Gasteiger partial charge in [0.2, 0.25) is 0 Å². The van der Waals surface area contributed by atoms with Gasteiger partial charge in [0.1, 0.15) is 5.70 Å². The van der Waals surface area contributed by atoms with E-state index in [0.717, 1.165) is 16.5 Å². The van der Waals surface area contributed by atoms with Gasteiger partial charge >= 0.3 is 12.0 Å². The molecule has 8 nitrogen and oxygen atoms in total. The lowest BCUT2D eigenvalue weighted by Gasteiger charge is -2.21. The normalized spacial score (nSPS) is 15.9. The number of imide groups is 1. The Kier molecular flexibility index (Phi) is 4.97. The molecule has 0 spiro atoms. The predicted molar refractivity (Wildman–Crippen MR) is 113 cm³/mol. The largest absolute Gasteiger partial charge is 0.479 e. The van der Waals surface area contributed by atoms with Gasteiger partial charge in [0.05, 0.1) is 17.1 Å². The quantitative estimate of drug-likeness (QED) is 0.426. The molecule has 3 N–H and O–H groups in total. The number of halogens is 1. The van der Waals surface area contributed by atoms with Crippen molar-refractivity contribution in [2.24, 2.45) is 0 Å². The van der Waals surface area contributed by atoms with Crippen molar-refractivity contribution in [2.45, 2.75) is 13.0 Å². The van der Waals surface area contributed by atoms with Crippen molar-refractivity contribution in [2.75, 3.05) is 0 Å². The fraction of sp³-hybridized carbons (Fsp3) is 0.0909. The Morgan fingerprint density at radius 2 is 1.94 bits per heavy atom. The number of nitrogens with one attached hydrogen (secondary N) is 2. The van der Waals surface area contributed by atoms with Crippen molar-refractivity contribution in [3.8, 4) is 6.07 Å². The highest BCUT2D eigenvalue weighted by Gasteiger charge is 2.43. The van der Waals surface area contributed by atoms with Gasteiger partial charge in [-0.05, 0) is 42.3 Å². The summed E-state index contributed by atoms with van der Waals surface area (Å²) < 4.78 is 0. The molecule has 0 radical (unpaired) electrons. The molecular weight excluding hydrogens is 420 g/mol. The van der Waals surface area contributed by atoms with Crippen LogP contribution in [0.5, 0.6) is 0 Å². The number of fused-ring (bicyclic) bond motifs is 1. The highest BCUT2D eigenvalue weighted by molar-refractivity contribution is 6.32. The number of aryl methyl sites for hydroxylation is 1. The van der Waals surface area contributed by atoms with Crippen molar-refractivity contribution in [1.29, 1.82) is 5.26 Å². The number of urea groups is 1. The smallest absolute Gasteiger partial charge is 0.331 e. The molecule has 1 saturated heterocycles. The Hall–Kier alpha value is -4.09. The zero-order valence-electron chi connectivity index (χ0n) is 16.1. The van der Waals surface area contributed by atoms with Gasteiger partial charge in [-0.25, -0.2) is 14.5 Å². The summed E-state index contributed by atoms with van der Waals surface area (Å²) in [7, 11) is 0. The fourth-order valence-corrected chi connectivity index (χ4v) is 3.70. The summed E-state index contributed by atoms with van der Waals surface area (Å²) in [5.74, 6) is -2.13. The summed E-state index contributed by atoms with van der Waals surface area (Å²) in [5, 5.41) is 22.5. The summed E-state index contributed by atoms with van der Waals surface area (Å²) in [6.07, 6.45) is 3.17. The zero-order chi connectivity index (χ0) is 22.3. The molecule has 1 aliphatic rings. The van der Waals surface area contributed by atoms with E-state index >= 15 is 0 Å². The molecule has 0 aliphatic carbocycles. The monoisotopic (exact) mass is 434 g/mol. The molecular formula is C22H15ClN4O4. The molecule has 1 atom stereocenters. The van der Waals surface area contributed by atoms with Gasteiger partial charge in [-0.15, -0.1) is 0 Å². The van der Waals surface area contributed by atoms with Gasteiger partial charge < -0.3 is 15.4 Å². The van der Waals surface area contributed by atoms with Crippen LogP contribution in [0.1, 0.15) is 28.3 Å². The van der Waals surface area contributed by atoms with E-state index in [1.807, 2.05) is 13.0 Å². The Morgan fingerprint density at radius 1 is 1.23 bits per heavy atom. The average molecular weight is 435 g/mol. The number of aromatic amines is 1. The summed E-state index contributed by atoms with van der Waals surface area (Å²) >= 11 is 6.14. The number of carboxylic acid groups (broad SMARTS) is 1. The van der Waals surface area contributed by atoms with Crippen LogP contribution in [0.4, 0.5) is 4.79 Å². The van der Waals surface area contributed by atoms with Crippen LogP contribution in [-0.4, -0.2) is 32.9 Å². The van der Waals surface area contributed by atoms with Gasteiger partial charge in [0.25, 0.3) is 5.91 Å². The number of carboxylic acids is 1. The Morgan fingerprint density at radius 3 is 2.58 bits per heavy atom. The van der Waals surface area contributed by atoms with Crippen LogP contribution in [0.2, 0.25) is 5.02 Å². The topological polar surface area (TPSA) is 126 Å². The number of carbonyl (C=O) groups is 3. The van der Waals surface area contributed by atoms with Crippen LogP contribution < -0.4 is 5.32 Å². The number of aliphatic carboxylic acids is 1. The molecule has 154 valence electrons. The number of hydrogen-bond donors (Lipinski definition) is 3. The van der Waals surface area contributed by atoms with Crippen molar-refractivity contribution in [3.63, 3.8) is 0 Å². The molecule has 9 heteroatoms. The van der Waals surface area contributed by atoms with Crippen LogP contribution in [-0.2, 0) is 9.59 Å².